The molecule has 0 atom stereocenters. The second-order valence-electron chi connectivity index (χ2n) is 3.62. The highest BCUT2D eigenvalue weighted by Gasteiger charge is 1.97. The van der Waals surface area contributed by atoms with Gasteiger partial charge >= 0.3 is 0 Å². The number of ether oxygens (including phenoxy) is 1. The number of hydrogen-bond donors (Lipinski definition) is 0. The van der Waals surface area contributed by atoms with Gasteiger partial charge in [-0.1, -0.05) is 26.3 Å². The highest BCUT2D eigenvalue weighted by atomic mass is 16.5. The molecule has 0 spiro atoms. The quantitative estimate of drug-likeness (QED) is 0.450. The molecule has 0 saturated heterocycles. The first kappa shape index (κ1) is 13.3. The first-order valence-electron chi connectivity index (χ1n) is 5.65. The summed E-state index contributed by atoms with van der Waals surface area (Å²) in [7, 11) is 0. The predicted molar refractivity (Wildman–Crippen MR) is 63.3 cm³/mol. The van der Waals surface area contributed by atoms with Crippen LogP contribution in [0.1, 0.15) is 53.9 Å². The van der Waals surface area contributed by atoms with Crippen LogP contribution in [-0.4, -0.2) is 6.61 Å². The van der Waals surface area contributed by atoms with Crippen molar-refractivity contribution in [2.24, 2.45) is 0 Å². The van der Waals surface area contributed by atoms with Crippen LogP contribution >= 0.6 is 0 Å². The Morgan fingerprint density at radius 3 is 2.14 bits per heavy atom. The summed E-state index contributed by atoms with van der Waals surface area (Å²) in [4.78, 5) is 0. The molecule has 0 aromatic rings. The van der Waals surface area contributed by atoms with Crippen molar-refractivity contribution in [1.82, 2.24) is 0 Å². The molecule has 0 unspecified atom stereocenters. The second-order valence-corrected chi connectivity index (χ2v) is 3.62. The highest BCUT2D eigenvalue weighted by molar-refractivity contribution is 5.25. The highest BCUT2D eigenvalue weighted by Crippen LogP contribution is 2.15. The molecule has 0 aliphatic heterocycles. The Labute approximate surface area is 88.9 Å². The molecule has 0 aliphatic carbocycles. The van der Waals surface area contributed by atoms with Crippen molar-refractivity contribution in [3.05, 3.63) is 23.0 Å². The fourth-order valence-corrected chi connectivity index (χ4v) is 1.30. The molecular weight excluding hydrogens is 172 g/mol. The van der Waals surface area contributed by atoms with E-state index in [2.05, 4.69) is 33.8 Å². The van der Waals surface area contributed by atoms with Crippen LogP contribution in [0.5, 0.6) is 0 Å². The third-order valence-corrected chi connectivity index (χ3v) is 2.37. The molecule has 0 saturated carbocycles. The molecule has 0 N–H and O–H groups in total. The Balaban J connectivity index is 4.42. The molecule has 0 bridgehead atoms. The van der Waals surface area contributed by atoms with E-state index in [0.717, 1.165) is 31.6 Å². The lowest BCUT2D eigenvalue weighted by atomic mass is 10.0. The maximum atomic E-state index is 5.55. The molecule has 82 valence electrons. The topological polar surface area (TPSA) is 9.23 Å². The summed E-state index contributed by atoms with van der Waals surface area (Å²) in [5, 5.41) is 0. The summed E-state index contributed by atoms with van der Waals surface area (Å²) in [5.74, 6) is 1.04. The van der Waals surface area contributed by atoms with Crippen molar-refractivity contribution in [3.8, 4) is 0 Å². The van der Waals surface area contributed by atoms with Crippen LogP contribution < -0.4 is 0 Å². The molecule has 0 radical (unpaired) electrons. The minimum absolute atomic E-state index is 0.824. The van der Waals surface area contributed by atoms with Gasteiger partial charge in [0.15, 0.2) is 0 Å². The van der Waals surface area contributed by atoms with Gasteiger partial charge in [0.25, 0.3) is 0 Å². The molecule has 0 fully saturated rings. The lowest BCUT2D eigenvalue weighted by molar-refractivity contribution is 0.214. The molecule has 0 rings (SSSR count). The largest absolute Gasteiger partial charge is 0.498 e. The zero-order valence-corrected chi connectivity index (χ0v) is 10.3. The third-order valence-electron chi connectivity index (χ3n) is 2.37. The van der Waals surface area contributed by atoms with E-state index in [9.17, 15) is 0 Å². The van der Waals surface area contributed by atoms with Gasteiger partial charge in [0.1, 0.15) is 0 Å². The van der Waals surface area contributed by atoms with E-state index in [4.69, 9.17) is 4.74 Å². The van der Waals surface area contributed by atoms with E-state index in [0.29, 0.717) is 0 Å². The van der Waals surface area contributed by atoms with E-state index in [-0.39, 0.29) is 0 Å². The lowest BCUT2D eigenvalue weighted by Gasteiger charge is -2.08. The third kappa shape index (κ3) is 5.11. The van der Waals surface area contributed by atoms with Gasteiger partial charge in [-0.25, -0.2) is 0 Å². The van der Waals surface area contributed by atoms with Crippen molar-refractivity contribution in [2.45, 2.75) is 53.9 Å². The lowest BCUT2D eigenvalue weighted by Crippen LogP contribution is -1.92. The molecule has 14 heavy (non-hydrogen) atoms. The maximum Gasteiger partial charge on any atom is 0.0931 e. The predicted octanol–water partition coefficient (Wildman–Crippen LogP) is 4.45. The summed E-state index contributed by atoms with van der Waals surface area (Å²) in [6.07, 6.45) is 5.46. The van der Waals surface area contributed by atoms with Gasteiger partial charge < -0.3 is 4.74 Å². The smallest absolute Gasteiger partial charge is 0.0931 e. The normalized spacial score (nSPS) is 13.9. The van der Waals surface area contributed by atoms with Gasteiger partial charge in [0.2, 0.25) is 0 Å². The van der Waals surface area contributed by atoms with Crippen molar-refractivity contribution >= 4 is 0 Å². The molecule has 0 aliphatic rings. The Bertz CT molecular complexity index is 211. The van der Waals surface area contributed by atoms with E-state index < -0.39 is 0 Å². The standard InChI is InChI=1S/C13H24O/c1-6-9-14-12(5)10-13(8-3)11(4)7-2/h10H,6-9H2,1-5H3/b12-10+,13-11+. The minimum Gasteiger partial charge on any atom is -0.498 e. The van der Waals surface area contributed by atoms with E-state index >= 15 is 0 Å². The maximum absolute atomic E-state index is 5.55. The summed E-state index contributed by atoms with van der Waals surface area (Å²) in [6, 6.07) is 0. The SMILES string of the molecule is CCCO/C(C)=C/C(CC)=C(\C)CC. The van der Waals surface area contributed by atoms with Crippen molar-refractivity contribution in [2.75, 3.05) is 6.61 Å². The average molecular weight is 196 g/mol. The molecular formula is C13H24O. The Morgan fingerprint density at radius 2 is 1.71 bits per heavy atom. The van der Waals surface area contributed by atoms with Gasteiger partial charge in [-0.15, -0.1) is 0 Å². The van der Waals surface area contributed by atoms with Crippen molar-refractivity contribution in [3.63, 3.8) is 0 Å². The average Bonchev–Trinajstić information content (AvgIpc) is 2.21. The van der Waals surface area contributed by atoms with Gasteiger partial charge in [0, 0.05) is 0 Å². The second kappa shape index (κ2) is 7.66. The van der Waals surface area contributed by atoms with Gasteiger partial charge in [0.05, 0.1) is 12.4 Å². The Hall–Kier alpha value is -0.720. The first-order valence-corrected chi connectivity index (χ1v) is 5.65. The summed E-state index contributed by atoms with van der Waals surface area (Å²) in [5.41, 5.74) is 2.88. The molecule has 0 amide bonds. The first-order chi connectivity index (χ1) is 6.65. The summed E-state index contributed by atoms with van der Waals surface area (Å²) in [6.45, 7) is 11.6. The summed E-state index contributed by atoms with van der Waals surface area (Å²) >= 11 is 0. The van der Waals surface area contributed by atoms with Crippen LogP contribution in [0.15, 0.2) is 23.0 Å². The van der Waals surface area contributed by atoms with E-state index in [1.165, 1.54) is 11.1 Å². The fraction of sp³-hybridized carbons (Fsp3) is 0.692. The molecule has 0 aromatic carbocycles. The number of rotatable bonds is 6. The molecule has 0 aromatic heterocycles. The zero-order chi connectivity index (χ0) is 11.0. The van der Waals surface area contributed by atoms with Gasteiger partial charge in [-0.3, -0.25) is 0 Å². The van der Waals surface area contributed by atoms with Crippen LogP contribution in [0.2, 0.25) is 0 Å². The minimum atomic E-state index is 0.824. The summed E-state index contributed by atoms with van der Waals surface area (Å²) < 4.78 is 5.55. The van der Waals surface area contributed by atoms with E-state index in [1.807, 2.05) is 6.92 Å². The molecule has 0 heterocycles. The van der Waals surface area contributed by atoms with Crippen LogP contribution in [0.4, 0.5) is 0 Å². The molecule has 1 nitrogen and oxygen atoms in total. The number of allylic oxidation sites excluding steroid dienone is 4. The monoisotopic (exact) mass is 196 g/mol. The van der Waals surface area contributed by atoms with Crippen LogP contribution in [0.3, 0.4) is 0 Å². The van der Waals surface area contributed by atoms with Gasteiger partial charge in [-0.05, 0) is 44.8 Å². The van der Waals surface area contributed by atoms with E-state index in [1.54, 1.807) is 0 Å². The van der Waals surface area contributed by atoms with Crippen molar-refractivity contribution < 1.29 is 4.74 Å². The van der Waals surface area contributed by atoms with Crippen molar-refractivity contribution in [1.29, 1.82) is 0 Å². The van der Waals surface area contributed by atoms with Crippen LogP contribution in [0, 0.1) is 0 Å². The fourth-order valence-electron chi connectivity index (χ4n) is 1.30. The Morgan fingerprint density at radius 1 is 1.07 bits per heavy atom. The zero-order valence-electron chi connectivity index (χ0n) is 10.3. The van der Waals surface area contributed by atoms with Crippen LogP contribution in [0.25, 0.3) is 0 Å². The molecule has 1 heteroatoms. The Kier molecular flexibility index (Phi) is 7.27. The number of hydrogen-bond acceptors (Lipinski definition) is 1. The van der Waals surface area contributed by atoms with Crippen LogP contribution in [-0.2, 0) is 4.74 Å². The van der Waals surface area contributed by atoms with Gasteiger partial charge in [-0.2, -0.15) is 0 Å².